The normalized spacial score (nSPS) is 9.91. The van der Waals surface area contributed by atoms with E-state index < -0.39 is 0 Å². The predicted molar refractivity (Wildman–Crippen MR) is 53.2 cm³/mol. The van der Waals surface area contributed by atoms with Gasteiger partial charge in [0, 0.05) is 0 Å². The topological polar surface area (TPSA) is 0 Å². The maximum absolute atomic E-state index is 2.23. The second-order valence-electron chi connectivity index (χ2n) is 3.03. The molecular weight excluding hydrogens is 131 g/mol. The van der Waals surface area contributed by atoms with E-state index in [4.69, 9.17) is 0 Å². The van der Waals surface area contributed by atoms with Gasteiger partial charge in [-0.05, 0) is 12.8 Å². The van der Waals surface area contributed by atoms with Crippen LogP contribution in [0.2, 0.25) is 0 Å². The van der Waals surface area contributed by atoms with Crippen molar-refractivity contribution in [3.8, 4) is 0 Å². The lowest BCUT2D eigenvalue weighted by molar-refractivity contribution is 0.798. The summed E-state index contributed by atoms with van der Waals surface area (Å²) in [5.74, 6) is 0. The number of aryl methyl sites for hydroxylation is 1. The van der Waals surface area contributed by atoms with E-state index in [0.717, 1.165) is 0 Å². The molecule has 0 saturated carbocycles. The summed E-state index contributed by atoms with van der Waals surface area (Å²) >= 11 is 0. The van der Waals surface area contributed by atoms with Crippen LogP contribution < -0.4 is 5.46 Å². The highest BCUT2D eigenvalue weighted by molar-refractivity contribution is 6.33. The van der Waals surface area contributed by atoms with Gasteiger partial charge in [0.2, 0.25) is 0 Å². The minimum atomic E-state index is 1.24. The van der Waals surface area contributed by atoms with E-state index in [-0.39, 0.29) is 0 Å². The first-order chi connectivity index (χ1) is 5.34. The summed E-state index contributed by atoms with van der Waals surface area (Å²) in [5.41, 5.74) is 2.94. The highest BCUT2D eigenvalue weighted by Crippen LogP contribution is 2.00. The van der Waals surface area contributed by atoms with E-state index in [1.54, 1.807) is 0 Å². The molecule has 0 atom stereocenters. The zero-order valence-corrected chi connectivity index (χ0v) is 7.43. The van der Waals surface area contributed by atoms with Gasteiger partial charge in [-0.1, -0.05) is 48.6 Å². The summed E-state index contributed by atoms with van der Waals surface area (Å²) in [6.45, 7) is 2.23. The monoisotopic (exact) mass is 146 g/mol. The molecule has 58 valence electrons. The van der Waals surface area contributed by atoms with Gasteiger partial charge in [-0.25, -0.2) is 0 Å². The van der Waals surface area contributed by atoms with Crippen molar-refractivity contribution in [2.45, 2.75) is 26.2 Å². The molecule has 0 heterocycles. The lowest BCUT2D eigenvalue weighted by Gasteiger charge is -2.02. The number of hydrogen-bond acceptors (Lipinski definition) is 0. The summed E-state index contributed by atoms with van der Waals surface area (Å²) in [5, 5.41) is 0. The zero-order chi connectivity index (χ0) is 8.10. The van der Waals surface area contributed by atoms with Crippen LogP contribution in [-0.4, -0.2) is 7.85 Å². The Morgan fingerprint density at radius 2 is 2.00 bits per heavy atom. The molecule has 1 aromatic carbocycles. The maximum Gasteiger partial charge on any atom is 0.139 e. The van der Waals surface area contributed by atoms with E-state index in [1.165, 1.54) is 30.3 Å². The van der Waals surface area contributed by atoms with Crippen molar-refractivity contribution in [2.24, 2.45) is 0 Å². The maximum atomic E-state index is 2.23. The number of hydrogen-bond donors (Lipinski definition) is 0. The van der Waals surface area contributed by atoms with Gasteiger partial charge >= 0.3 is 0 Å². The van der Waals surface area contributed by atoms with Crippen LogP contribution in [0.4, 0.5) is 0 Å². The Kier molecular flexibility index (Phi) is 3.22. The molecule has 0 saturated heterocycles. The van der Waals surface area contributed by atoms with Crippen LogP contribution in [0.3, 0.4) is 0 Å². The van der Waals surface area contributed by atoms with Crippen LogP contribution in [0.5, 0.6) is 0 Å². The van der Waals surface area contributed by atoms with E-state index in [2.05, 4.69) is 39.0 Å². The van der Waals surface area contributed by atoms with Crippen molar-refractivity contribution in [1.29, 1.82) is 0 Å². The molecule has 0 aliphatic carbocycles. The lowest BCUT2D eigenvalue weighted by atomic mass is 9.88. The molecule has 0 radical (unpaired) electrons. The molecule has 0 spiro atoms. The van der Waals surface area contributed by atoms with Crippen LogP contribution in [-0.2, 0) is 6.42 Å². The first kappa shape index (κ1) is 8.38. The molecule has 0 nitrogen and oxygen atoms in total. The first-order valence-electron chi connectivity index (χ1n) is 4.39. The molecule has 0 unspecified atom stereocenters. The molecule has 0 aliphatic heterocycles. The molecule has 1 heteroatoms. The third-order valence-electron chi connectivity index (χ3n) is 2.06. The third-order valence-corrected chi connectivity index (χ3v) is 2.06. The average molecular weight is 146 g/mol. The average Bonchev–Trinajstić information content (AvgIpc) is 2.03. The molecule has 1 rings (SSSR count). The summed E-state index contributed by atoms with van der Waals surface area (Å²) in [6.07, 6.45) is 3.84. The predicted octanol–water partition coefficient (Wildman–Crippen LogP) is 1.29. The Labute approximate surface area is 70.0 Å². The van der Waals surface area contributed by atoms with Crippen LogP contribution >= 0.6 is 0 Å². The summed E-state index contributed by atoms with van der Waals surface area (Å²) < 4.78 is 0. The van der Waals surface area contributed by atoms with Gasteiger partial charge in [-0.15, -0.1) is 0 Å². The highest BCUT2D eigenvalue weighted by Gasteiger charge is 1.93. The number of rotatable bonds is 3. The standard InChI is InChI=1S/C10H15B/c1-2-3-6-9-7-4-5-8-10(9)11/h4-5,7-8H,2-3,6,11H2,1H3. The molecule has 11 heavy (non-hydrogen) atoms. The van der Waals surface area contributed by atoms with Crippen LogP contribution in [0.1, 0.15) is 25.3 Å². The number of unbranched alkanes of at least 4 members (excludes halogenated alkanes) is 1. The van der Waals surface area contributed by atoms with Crippen LogP contribution in [0.15, 0.2) is 24.3 Å². The summed E-state index contributed by atoms with van der Waals surface area (Å²) in [6, 6.07) is 8.64. The van der Waals surface area contributed by atoms with Gasteiger partial charge in [0.1, 0.15) is 7.85 Å². The van der Waals surface area contributed by atoms with Crippen LogP contribution in [0, 0.1) is 0 Å². The Morgan fingerprint density at radius 3 is 2.64 bits per heavy atom. The second-order valence-corrected chi connectivity index (χ2v) is 3.03. The van der Waals surface area contributed by atoms with Gasteiger partial charge in [-0.2, -0.15) is 0 Å². The molecule has 0 aliphatic rings. The Balaban J connectivity index is 2.62. The Hall–Kier alpha value is -0.715. The number of benzene rings is 1. The van der Waals surface area contributed by atoms with Gasteiger partial charge < -0.3 is 0 Å². The Bertz CT molecular complexity index is 218. The van der Waals surface area contributed by atoms with Crippen LogP contribution in [0.25, 0.3) is 0 Å². The molecule has 0 N–H and O–H groups in total. The van der Waals surface area contributed by atoms with Gasteiger partial charge in [0.25, 0.3) is 0 Å². The second kappa shape index (κ2) is 4.22. The molecular formula is C10H15B. The first-order valence-corrected chi connectivity index (χ1v) is 4.39. The fourth-order valence-electron chi connectivity index (χ4n) is 1.26. The van der Waals surface area contributed by atoms with Crippen molar-refractivity contribution in [2.75, 3.05) is 0 Å². The summed E-state index contributed by atoms with van der Waals surface area (Å²) in [4.78, 5) is 0. The van der Waals surface area contributed by atoms with Crippen molar-refractivity contribution < 1.29 is 0 Å². The van der Waals surface area contributed by atoms with E-state index in [1.807, 2.05) is 0 Å². The van der Waals surface area contributed by atoms with Gasteiger partial charge in [0.15, 0.2) is 0 Å². The minimum Gasteiger partial charge on any atom is -0.0858 e. The van der Waals surface area contributed by atoms with Crippen molar-refractivity contribution >= 4 is 13.3 Å². The van der Waals surface area contributed by atoms with E-state index >= 15 is 0 Å². The largest absolute Gasteiger partial charge is 0.139 e. The SMILES string of the molecule is Bc1ccccc1CCCC. The fourth-order valence-corrected chi connectivity index (χ4v) is 1.26. The zero-order valence-electron chi connectivity index (χ0n) is 7.43. The molecule has 0 fully saturated rings. The van der Waals surface area contributed by atoms with E-state index in [0.29, 0.717) is 0 Å². The highest BCUT2D eigenvalue weighted by atomic mass is 14.0. The van der Waals surface area contributed by atoms with Crippen molar-refractivity contribution in [1.82, 2.24) is 0 Å². The summed E-state index contributed by atoms with van der Waals surface area (Å²) in [7, 11) is 2.19. The van der Waals surface area contributed by atoms with Gasteiger partial charge in [0.05, 0.1) is 0 Å². The van der Waals surface area contributed by atoms with E-state index in [9.17, 15) is 0 Å². The molecule has 0 amide bonds. The fraction of sp³-hybridized carbons (Fsp3) is 0.400. The molecule has 0 aromatic heterocycles. The minimum absolute atomic E-state index is 1.24. The smallest absolute Gasteiger partial charge is 0.0858 e. The quantitative estimate of drug-likeness (QED) is 0.563. The molecule has 0 bridgehead atoms. The third kappa shape index (κ3) is 2.41. The Morgan fingerprint density at radius 1 is 1.27 bits per heavy atom. The van der Waals surface area contributed by atoms with Gasteiger partial charge in [-0.3, -0.25) is 0 Å². The van der Waals surface area contributed by atoms with Crippen molar-refractivity contribution in [3.63, 3.8) is 0 Å². The lowest BCUT2D eigenvalue weighted by Crippen LogP contribution is -2.08. The molecule has 1 aromatic rings. The van der Waals surface area contributed by atoms with Crippen molar-refractivity contribution in [3.05, 3.63) is 29.8 Å².